The molecule has 0 radical (unpaired) electrons. The lowest BCUT2D eigenvalue weighted by Gasteiger charge is -2.16. The van der Waals surface area contributed by atoms with E-state index in [2.05, 4.69) is 22.4 Å². The number of aromatic nitrogens is 3. The highest BCUT2D eigenvalue weighted by molar-refractivity contribution is 7.99. The van der Waals surface area contributed by atoms with Crippen molar-refractivity contribution in [3.63, 3.8) is 0 Å². The third-order valence-corrected chi connectivity index (χ3v) is 6.84. The van der Waals surface area contributed by atoms with E-state index in [1.165, 1.54) is 19.3 Å². The molecule has 0 spiro atoms. The third-order valence-electron chi connectivity index (χ3n) is 5.59. The monoisotopic (exact) mass is 492 g/mol. The van der Waals surface area contributed by atoms with Gasteiger partial charge in [-0.3, -0.25) is 0 Å². The summed E-state index contributed by atoms with van der Waals surface area (Å²) in [6, 6.07) is 19.3. The number of benzene rings is 2. The van der Waals surface area contributed by atoms with E-state index in [1.54, 1.807) is 11.8 Å². The summed E-state index contributed by atoms with van der Waals surface area (Å²) in [5.74, 6) is 2.68. The van der Waals surface area contributed by atoms with E-state index in [0.29, 0.717) is 33.3 Å². The van der Waals surface area contributed by atoms with Crippen molar-refractivity contribution in [1.29, 1.82) is 0 Å². The molecule has 8 heteroatoms. The van der Waals surface area contributed by atoms with Crippen LogP contribution >= 0.6 is 23.4 Å². The van der Waals surface area contributed by atoms with Gasteiger partial charge in [-0.05, 0) is 36.8 Å². The molecular weight excluding hydrogens is 468 g/mol. The lowest BCUT2D eigenvalue weighted by Crippen LogP contribution is -2.16. The number of anilines is 1. The molecule has 2 aromatic heterocycles. The Kier molecular flexibility index (Phi) is 7.02. The van der Waals surface area contributed by atoms with Gasteiger partial charge in [0, 0.05) is 22.6 Å². The summed E-state index contributed by atoms with van der Waals surface area (Å²) >= 11 is 7.98. The molecule has 0 unspecified atom stereocenters. The van der Waals surface area contributed by atoms with E-state index in [4.69, 9.17) is 25.7 Å². The first-order valence-electron chi connectivity index (χ1n) is 11.5. The summed E-state index contributed by atoms with van der Waals surface area (Å²) in [6.07, 6.45) is 4.22. The van der Waals surface area contributed by atoms with Crippen molar-refractivity contribution in [3.05, 3.63) is 71.4 Å². The number of thioether (sulfide) groups is 1. The molecule has 0 bridgehead atoms. The van der Waals surface area contributed by atoms with Gasteiger partial charge in [0.05, 0.1) is 5.02 Å². The zero-order valence-electron chi connectivity index (χ0n) is 18.8. The molecule has 4 aromatic rings. The molecule has 3 heterocycles. The second-order valence-corrected chi connectivity index (χ2v) is 9.50. The number of unbranched alkanes of at least 4 members (excludes halogenated alkanes) is 3. The third kappa shape index (κ3) is 4.91. The number of halogens is 1. The summed E-state index contributed by atoms with van der Waals surface area (Å²) in [6.45, 7) is 2.21. The van der Waals surface area contributed by atoms with Gasteiger partial charge in [-0.15, -0.1) is 10.2 Å². The maximum atomic E-state index is 6.37. The number of fused-ring (bicyclic) bond motifs is 3. The van der Waals surface area contributed by atoms with Gasteiger partial charge >= 0.3 is 0 Å². The highest BCUT2D eigenvalue weighted by Crippen LogP contribution is 2.40. The fourth-order valence-electron chi connectivity index (χ4n) is 3.83. The Morgan fingerprint density at radius 1 is 0.941 bits per heavy atom. The fourth-order valence-corrected chi connectivity index (χ4v) is 4.83. The lowest BCUT2D eigenvalue weighted by molar-refractivity contribution is 0.196. The topological polar surface area (TPSA) is 73.1 Å². The number of nitrogens with zero attached hydrogens (tertiary/aromatic N) is 3. The predicted octanol–water partition coefficient (Wildman–Crippen LogP) is 7.63. The molecule has 1 aliphatic rings. The van der Waals surface area contributed by atoms with Gasteiger partial charge in [-0.2, -0.15) is 4.98 Å². The Morgan fingerprint density at radius 3 is 2.62 bits per heavy atom. The van der Waals surface area contributed by atoms with Crippen LogP contribution in [0.1, 0.15) is 44.6 Å². The number of ether oxygens (including phenoxy) is 1. The van der Waals surface area contributed by atoms with Crippen molar-refractivity contribution < 1.29 is 9.15 Å². The normalized spacial score (nSPS) is 14.5. The molecule has 1 aliphatic heterocycles. The van der Waals surface area contributed by atoms with E-state index < -0.39 is 6.23 Å². The van der Waals surface area contributed by atoms with Crippen LogP contribution in [0, 0.1) is 0 Å². The van der Waals surface area contributed by atoms with Gasteiger partial charge in [-0.1, -0.05) is 79.9 Å². The van der Waals surface area contributed by atoms with E-state index >= 15 is 0 Å². The zero-order chi connectivity index (χ0) is 23.3. The molecule has 0 saturated heterocycles. The number of hydrogen-bond donors (Lipinski definition) is 1. The molecular formula is C26H25ClN4O2S. The molecule has 34 heavy (non-hydrogen) atoms. The maximum absolute atomic E-state index is 6.37. The minimum atomic E-state index is -0.585. The summed E-state index contributed by atoms with van der Waals surface area (Å²) < 4.78 is 12.5. The van der Waals surface area contributed by atoms with Crippen LogP contribution in [-0.2, 0) is 0 Å². The number of furan rings is 1. The minimum Gasteiger partial charge on any atom is -0.455 e. The number of rotatable bonds is 8. The van der Waals surface area contributed by atoms with Crippen LogP contribution in [0.25, 0.3) is 22.6 Å². The second kappa shape index (κ2) is 10.5. The Hall–Kier alpha value is -3.03. The van der Waals surface area contributed by atoms with Crippen molar-refractivity contribution >= 4 is 29.1 Å². The molecule has 174 valence electrons. The second-order valence-electron chi connectivity index (χ2n) is 8.03. The van der Waals surface area contributed by atoms with E-state index in [0.717, 1.165) is 29.0 Å². The highest BCUT2D eigenvalue weighted by Gasteiger charge is 2.28. The Balaban J connectivity index is 1.44. The summed E-state index contributed by atoms with van der Waals surface area (Å²) in [7, 11) is 0. The molecule has 0 fully saturated rings. The number of para-hydroxylation sites is 1. The lowest BCUT2D eigenvalue weighted by atomic mass is 10.1. The van der Waals surface area contributed by atoms with Crippen molar-refractivity contribution in [2.45, 2.75) is 44.0 Å². The van der Waals surface area contributed by atoms with Crippen molar-refractivity contribution in [3.8, 4) is 28.5 Å². The molecule has 1 N–H and O–H groups in total. The van der Waals surface area contributed by atoms with E-state index in [9.17, 15) is 0 Å². The molecule has 5 rings (SSSR count). The largest absolute Gasteiger partial charge is 0.455 e. The van der Waals surface area contributed by atoms with Gasteiger partial charge in [0.2, 0.25) is 17.3 Å². The maximum Gasteiger partial charge on any atom is 0.247 e. The Bertz CT molecular complexity index is 1280. The van der Waals surface area contributed by atoms with E-state index in [1.807, 2.05) is 60.7 Å². The predicted molar refractivity (Wildman–Crippen MR) is 136 cm³/mol. The van der Waals surface area contributed by atoms with Crippen LogP contribution in [0.4, 0.5) is 5.69 Å². The minimum absolute atomic E-state index is 0.434. The Morgan fingerprint density at radius 2 is 1.76 bits per heavy atom. The molecule has 0 aliphatic carbocycles. The highest BCUT2D eigenvalue weighted by atomic mass is 35.5. The van der Waals surface area contributed by atoms with Gasteiger partial charge in [0.1, 0.15) is 5.76 Å². The summed E-state index contributed by atoms with van der Waals surface area (Å²) in [4.78, 5) is 4.71. The van der Waals surface area contributed by atoms with Gasteiger partial charge in [0.15, 0.2) is 11.5 Å². The average molecular weight is 493 g/mol. The Labute approximate surface area is 208 Å². The standard InChI is InChI=1S/C26H25ClN4O2S/c1-2-3-4-9-16-34-26-29-25-23(30-31-26)18-11-6-8-13-20(18)28-24(33-25)22-15-14-21(32-22)17-10-5-7-12-19(17)27/h5-8,10-15,24,28H,2-4,9,16H2,1H3/t24-/m0/s1. The average Bonchev–Trinajstić information content (AvgIpc) is 3.28. The molecule has 6 nitrogen and oxygen atoms in total. The fraction of sp³-hybridized carbons (Fsp3) is 0.269. The number of nitrogens with one attached hydrogen (secondary N) is 1. The summed E-state index contributed by atoms with van der Waals surface area (Å²) in [5.41, 5.74) is 3.20. The van der Waals surface area contributed by atoms with Gasteiger partial charge < -0.3 is 14.5 Å². The zero-order valence-corrected chi connectivity index (χ0v) is 20.4. The van der Waals surface area contributed by atoms with Crippen LogP contribution in [0.15, 0.2) is 70.2 Å². The quantitative estimate of drug-likeness (QED) is 0.200. The molecule has 0 amide bonds. The van der Waals surface area contributed by atoms with Crippen LogP contribution in [0.5, 0.6) is 5.88 Å². The SMILES string of the molecule is CCCCCCSc1nnc2c(n1)O[C@@H](c1ccc(-c3ccccc3Cl)o1)Nc1ccccc1-2. The molecule has 0 saturated carbocycles. The smallest absolute Gasteiger partial charge is 0.247 e. The van der Waals surface area contributed by atoms with Crippen molar-refractivity contribution in [2.75, 3.05) is 11.1 Å². The first kappa shape index (κ1) is 22.7. The first-order chi connectivity index (χ1) is 16.7. The van der Waals surface area contributed by atoms with Crippen molar-refractivity contribution in [1.82, 2.24) is 15.2 Å². The summed E-state index contributed by atoms with van der Waals surface area (Å²) in [5, 5.41) is 13.5. The number of hydrogen-bond acceptors (Lipinski definition) is 7. The van der Waals surface area contributed by atoms with E-state index in [-0.39, 0.29) is 0 Å². The van der Waals surface area contributed by atoms with Crippen LogP contribution in [-0.4, -0.2) is 20.9 Å². The van der Waals surface area contributed by atoms with Crippen LogP contribution in [0.3, 0.4) is 0 Å². The molecule has 1 atom stereocenters. The van der Waals surface area contributed by atoms with Crippen molar-refractivity contribution in [2.24, 2.45) is 0 Å². The first-order valence-corrected chi connectivity index (χ1v) is 12.8. The van der Waals surface area contributed by atoms with Gasteiger partial charge in [-0.25, -0.2) is 0 Å². The molecule has 2 aromatic carbocycles. The van der Waals surface area contributed by atoms with Gasteiger partial charge in [0.25, 0.3) is 0 Å². The van der Waals surface area contributed by atoms with Crippen LogP contribution < -0.4 is 10.1 Å². The van der Waals surface area contributed by atoms with Crippen LogP contribution in [0.2, 0.25) is 5.02 Å².